The van der Waals surface area contributed by atoms with Crippen molar-refractivity contribution in [2.24, 2.45) is 5.92 Å². The number of nitrogens with zero attached hydrogens (tertiary/aromatic N) is 2. The van der Waals surface area contributed by atoms with Crippen LogP contribution in [0.3, 0.4) is 0 Å². The molecule has 4 rings (SSSR count). The first-order chi connectivity index (χ1) is 13.2. The molecule has 0 aromatic carbocycles. The van der Waals surface area contributed by atoms with Gasteiger partial charge in [0.2, 0.25) is 5.91 Å². The Balaban J connectivity index is 1.56. The fraction of sp³-hybridized carbons (Fsp3) is 0.714. The van der Waals surface area contributed by atoms with Crippen molar-refractivity contribution in [1.29, 1.82) is 0 Å². The van der Waals surface area contributed by atoms with Gasteiger partial charge >= 0.3 is 0 Å². The van der Waals surface area contributed by atoms with Gasteiger partial charge in [-0.25, -0.2) is 0 Å². The lowest BCUT2D eigenvalue weighted by Crippen LogP contribution is -2.63. The average molecular weight is 373 g/mol. The van der Waals surface area contributed by atoms with E-state index in [1.54, 1.807) is 6.20 Å². The van der Waals surface area contributed by atoms with Crippen molar-refractivity contribution in [3.63, 3.8) is 0 Å². The van der Waals surface area contributed by atoms with Crippen LogP contribution in [0.15, 0.2) is 24.4 Å². The Morgan fingerprint density at radius 1 is 1.22 bits per heavy atom. The highest BCUT2D eigenvalue weighted by molar-refractivity contribution is 5.87. The topological polar surface area (TPSA) is 74.7 Å². The van der Waals surface area contributed by atoms with Crippen molar-refractivity contribution in [2.45, 2.75) is 62.6 Å². The van der Waals surface area contributed by atoms with E-state index in [1.165, 1.54) is 6.42 Å². The molecule has 1 unspecified atom stereocenters. The third kappa shape index (κ3) is 3.89. The smallest absolute Gasteiger partial charge is 0.241 e. The molecule has 0 radical (unpaired) electrons. The van der Waals surface area contributed by atoms with Gasteiger partial charge in [-0.3, -0.25) is 14.7 Å². The summed E-state index contributed by atoms with van der Waals surface area (Å²) in [5, 5.41) is 13.2. The van der Waals surface area contributed by atoms with E-state index < -0.39 is 5.54 Å². The maximum absolute atomic E-state index is 13.6. The van der Waals surface area contributed by atoms with Crippen LogP contribution in [0.25, 0.3) is 0 Å². The predicted molar refractivity (Wildman–Crippen MR) is 102 cm³/mol. The highest BCUT2D eigenvalue weighted by Gasteiger charge is 2.47. The number of carbonyl (C=O) groups excluding carboxylic acids is 1. The number of carbonyl (C=O) groups is 1. The highest BCUT2D eigenvalue weighted by atomic mass is 16.5. The zero-order chi connectivity index (χ0) is 18.7. The number of hydrogen-bond acceptors (Lipinski definition) is 5. The van der Waals surface area contributed by atoms with E-state index in [0.29, 0.717) is 13.2 Å². The Morgan fingerprint density at radius 2 is 1.96 bits per heavy atom. The molecule has 1 amide bonds. The SMILES string of the molecule is O=C(NC(c1ccccn1)C1CC(O)C1)C1(N2CCOCC2)CCCCC1. The fourth-order valence-electron chi connectivity index (χ4n) is 4.99. The van der Waals surface area contributed by atoms with Gasteiger partial charge in [-0.1, -0.05) is 25.3 Å². The standard InChI is InChI=1S/C21H31N3O3/c25-17-14-16(15-17)19(18-6-2-5-9-22-18)23-20(26)21(7-3-1-4-8-21)24-10-12-27-13-11-24/h2,5-6,9,16-17,19,25H,1,3-4,7-8,10-15H2,(H,23,26). The van der Waals surface area contributed by atoms with Crippen LogP contribution in [0.1, 0.15) is 56.7 Å². The zero-order valence-corrected chi connectivity index (χ0v) is 16.0. The molecule has 1 aromatic rings. The maximum atomic E-state index is 13.6. The van der Waals surface area contributed by atoms with Gasteiger partial charge in [0.15, 0.2) is 0 Å². The van der Waals surface area contributed by atoms with Crippen LogP contribution in [0.5, 0.6) is 0 Å². The van der Waals surface area contributed by atoms with Crippen molar-refractivity contribution in [2.75, 3.05) is 26.3 Å². The molecule has 2 saturated carbocycles. The molecular formula is C21H31N3O3. The molecule has 6 nitrogen and oxygen atoms in total. The summed E-state index contributed by atoms with van der Waals surface area (Å²) >= 11 is 0. The van der Waals surface area contributed by atoms with Gasteiger partial charge in [-0.2, -0.15) is 0 Å². The Morgan fingerprint density at radius 3 is 2.59 bits per heavy atom. The van der Waals surface area contributed by atoms with Gasteiger partial charge in [0, 0.05) is 19.3 Å². The van der Waals surface area contributed by atoms with E-state index in [-0.39, 0.29) is 24.0 Å². The van der Waals surface area contributed by atoms with Crippen LogP contribution in [-0.4, -0.2) is 58.8 Å². The van der Waals surface area contributed by atoms with Crippen LogP contribution in [0.4, 0.5) is 0 Å². The van der Waals surface area contributed by atoms with Crippen molar-refractivity contribution in [1.82, 2.24) is 15.2 Å². The first kappa shape index (κ1) is 18.8. The third-order valence-corrected chi connectivity index (χ3v) is 6.63. The molecule has 6 heteroatoms. The minimum atomic E-state index is -0.419. The summed E-state index contributed by atoms with van der Waals surface area (Å²) in [4.78, 5) is 20.5. The van der Waals surface area contributed by atoms with Gasteiger partial charge in [0.25, 0.3) is 0 Å². The molecule has 2 aliphatic carbocycles. The van der Waals surface area contributed by atoms with Crippen molar-refractivity contribution < 1.29 is 14.6 Å². The fourth-order valence-corrected chi connectivity index (χ4v) is 4.99. The first-order valence-corrected chi connectivity index (χ1v) is 10.4. The van der Waals surface area contributed by atoms with Crippen molar-refractivity contribution >= 4 is 5.91 Å². The number of pyridine rings is 1. The van der Waals surface area contributed by atoms with Crippen LogP contribution in [0.2, 0.25) is 0 Å². The number of ether oxygens (including phenoxy) is 1. The number of rotatable bonds is 5. The number of nitrogens with one attached hydrogen (secondary N) is 1. The number of aliphatic hydroxyl groups is 1. The van der Waals surface area contributed by atoms with E-state index >= 15 is 0 Å². The molecule has 3 aliphatic rings. The van der Waals surface area contributed by atoms with Crippen LogP contribution in [-0.2, 0) is 9.53 Å². The lowest BCUT2D eigenvalue weighted by atomic mass is 9.74. The second kappa shape index (κ2) is 8.25. The molecule has 1 aromatic heterocycles. The molecule has 3 fully saturated rings. The van der Waals surface area contributed by atoms with Crippen molar-refractivity contribution in [3.05, 3.63) is 30.1 Å². The van der Waals surface area contributed by atoms with Crippen LogP contribution in [0, 0.1) is 5.92 Å². The van der Waals surface area contributed by atoms with Gasteiger partial charge in [-0.05, 0) is 43.7 Å². The first-order valence-electron chi connectivity index (χ1n) is 10.4. The Hall–Kier alpha value is -1.50. The number of amides is 1. The highest BCUT2D eigenvalue weighted by Crippen LogP contribution is 2.40. The van der Waals surface area contributed by atoms with Gasteiger partial charge in [0.05, 0.1) is 31.1 Å². The largest absolute Gasteiger partial charge is 0.393 e. The summed E-state index contributed by atoms with van der Waals surface area (Å²) in [7, 11) is 0. The molecule has 2 N–H and O–H groups in total. The molecule has 0 spiro atoms. The number of morpholine rings is 1. The van der Waals surface area contributed by atoms with Crippen molar-refractivity contribution in [3.8, 4) is 0 Å². The molecule has 0 bridgehead atoms. The quantitative estimate of drug-likeness (QED) is 0.826. The number of aliphatic hydroxyl groups excluding tert-OH is 1. The van der Waals surface area contributed by atoms with Gasteiger partial charge in [0.1, 0.15) is 5.54 Å². The summed E-state index contributed by atoms with van der Waals surface area (Å²) in [5.74, 6) is 0.394. The molecule has 2 heterocycles. The van der Waals surface area contributed by atoms with E-state index in [4.69, 9.17) is 4.74 Å². The molecular weight excluding hydrogens is 342 g/mol. The van der Waals surface area contributed by atoms with E-state index in [1.807, 2.05) is 18.2 Å². The summed E-state index contributed by atoms with van der Waals surface area (Å²) < 4.78 is 5.53. The maximum Gasteiger partial charge on any atom is 0.241 e. The lowest BCUT2D eigenvalue weighted by Gasteiger charge is -2.48. The second-order valence-electron chi connectivity index (χ2n) is 8.28. The van der Waals surface area contributed by atoms with E-state index in [9.17, 15) is 9.90 Å². The number of aromatic nitrogens is 1. The van der Waals surface area contributed by atoms with E-state index in [0.717, 1.165) is 57.3 Å². The van der Waals surface area contributed by atoms with Crippen LogP contribution < -0.4 is 5.32 Å². The Kier molecular flexibility index (Phi) is 5.76. The summed E-state index contributed by atoms with van der Waals surface area (Å²) in [6.45, 7) is 3.05. The van der Waals surface area contributed by atoms with Gasteiger partial charge < -0.3 is 15.2 Å². The number of hydrogen-bond donors (Lipinski definition) is 2. The third-order valence-electron chi connectivity index (χ3n) is 6.63. The zero-order valence-electron chi connectivity index (χ0n) is 16.0. The Labute approximate surface area is 161 Å². The lowest BCUT2D eigenvalue weighted by molar-refractivity contribution is -0.142. The normalized spacial score (nSPS) is 29.5. The van der Waals surface area contributed by atoms with Crippen LogP contribution >= 0.6 is 0 Å². The summed E-state index contributed by atoms with van der Waals surface area (Å²) in [6, 6.07) is 5.73. The molecule has 1 aliphatic heterocycles. The molecule has 1 saturated heterocycles. The minimum Gasteiger partial charge on any atom is -0.393 e. The van der Waals surface area contributed by atoms with E-state index in [2.05, 4.69) is 15.2 Å². The molecule has 1 atom stereocenters. The summed E-state index contributed by atoms with van der Waals surface area (Å²) in [5.41, 5.74) is 0.480. The monoisotopic (exact) mass is 373 g/mol. The Bertz CT molecular complexity index is 621. The second-order valence-corrected chi connectivity index (χ2v) is 8.28. The average Bonchev–Trinajstić information content (AvgIpc) is 2.71. The predicted octanol–water partition coefficient (Wildman–Crippen LogP) is 2.04. The minimum absolute atomic E-state index is 0.123. The van der Waals surface area contributed by atoms with Gasteiger partial charge in [-0.15, -0.1) is 0 Å². The molecule has 27 heavy (non-hydrogen) atoms. The summed E-state index contributed by atoms with van der Waals surface area (Å²) in [6.07, 6.45) is 8.23. The molecule has 148 valence electrons.